The van der Waals surface area contributed by atoms with Crippen molar-refractivity contribution in [3.05, 3.63) is 34.9 Å². The van der Waals surface area contributed by atoms with Crippen molar-refractivity contribution in [1.29, 1.82) is 0 Å². The van der Waals surface area contributed by atoms with Gasteiger partial charge < -0.3 is 33.5 Å². The Hall–Kier alpha value is -3.14. The summed E-state index contributed by atoms with van der Waals surface area (Å²) in [5.74, 6) is 2.53. The maximum atomic E-state index is 12.0. The molecule has 0 amide bonds. The molecule has 3 atom stereocenters. The number of ether oxygens (including phenoxy) is 6. The van der Waals surface area contributed by atoms with Crippen LogP contribution in [0.2, 0.25) is 0 Å². The second-order valence-corrected chi connectivity index (χ2v) is 9.49. The number of allylic oxidation sites excluding steroid dienone is 1. The second-order valence-electron chi connectivity index (χ2n) is 9.49. The molecule has 37 heavy (non-hydrogen) atoms. The molecule has 2 aromatic rings. The van der Waals surface area contributed by atoms with Crippen LogP contribution in [0.5, 0.6) is 34.5 Å². The third-order valence-electron chi connectivity index (χ3n) is 7.30. The molecule has 0 fully saturated rings. The Kier molecular flexibility index (Phi) is 7.77. The molecule has 1 N–H and O–H groups in total. The lowest BCUT2D eigenvalue weighted by atomic mass is 9.73. The van der Waals surface area contributed by atoms with Crippen LogP contribution in [0.4, 0.5) is 0 Å². The molecule has 1 heterocycles. The number of rotatable bonds is 8. The highest BCUT2D eigenvalue weighted by atomic mass is 17.2. The Morgan fingerprint density at radius 2 is 1.73 bits per heavy atom. The normalized spacial score (nSPS) is 22.5. The Bertz CT molecular complexity index is 1190. The molecule has 0 radical (unpaired) electrons. The van der Waals surface area contributed by atoms with Crippen molar-refractivity contribution in [2.24, 2.45) is 5.92 Å². The van der Waals surface area contributed by atoms with Crippen LogP contribution in [-0.2, 0) is 16.2 Å². The summed E-state index contributed by atoms with van der Waals surface area (Å²) in [6.07, 6.45) is 1.51. The van der Waals surface area contributed by atoms with Gasteiger partial charge in [-0.1, -0.05) is 13.0 Å². The number of fused-ring (bicyclic) bond motifs is 4. The monoisotopic (exact) mass is 516 g/mol. The zero-order valence-corrected chi connectivity index (χ0v) is 22.7. The molecule has 2 aromatic carbocycles. The Morgan fingerprint density at radius 1 is 1.03 bits per heavy atom. The van der Waals surface area contributed by atoms with E-state index in [4.69, 9.17) is 38.2 Å². The summed E-state index contributed by atoms with van der Waals surface area (Å²) in [5.41, 5.74) is 2.47. The third kappa shape index (κ3) is 4.56. The molecule has 9 heteroatoms. The number of aliphatic hydroxyl groups is 1. The third-order valence-corrected chi connectivity index (χ3v) is 7.30. The van der Waals surface area contributed by atoms with E-state index in [0.29, 0.717) is 52.0 Å². The van der Waals surface area contributed by atoms with Crippen molar-refractivity contribution in [2.75, 3.05) is 41.8 Å². The largest absolute Gasteiger partial charge is 0.493 e. The van der Waals surface area contributed by atoms with Gasteiger partial charge in [0.1, 0.15) is 12.7 Å². The van der Waals surface area contributed by atoms with Crippen LogP contribution in [-0.4, -0.2) is 52.5 Å². The van der Waals surface area contributed by atoms with Gasteiger partial charge in [0.2, 0.25) is 18.3 Å². The molecule has 0 unspecified atom stereocenters. The maximum Gasteiger partial charge on any atom is 0.231 e. The SMILES string of the molecule is C/C=C(/C)COO[C@H]1c2cc(OC)c(OC)c(OC)c2-c2c(cc3c(c2OC)OCO3)C[C@H](C)[C@@]1(C)O. The minimum atomic E-state index is -1.36. The van der Waals surface area contributed by atoms with E-state index in [0.717, 1.165) is 16.7 Å². The smallest absolute Gasteiger partial charge is 0.231 e. The number of methoxy groups -OCH3 is 4. The van der Waals surface area contributed by atoms with Crippen molar-refractivity contribution < 1.29 is 43.3 Å². The summed E-state index contributed by atoms with van der Waals surface area (Å²) in [4.78, 5) is 11.7. The average Bonchev–Trinajstić information content (AvgIpc) is 3.36. The van der Waals surface area contributed by atoms with E-state index in [-0.39, 0.29) is 19.3 Å². The van der Waals surface area contributed by atoms with E-state index < -0.39 is 11.7 Å². The van der Waals surface area contributed by atoms with Gasteiger partial charge in [-0.25, -0.2) is 9.78 Å². The van der Waals surface area contributed by atoms with E-state index in [1.54, 1.807) is 41.4 Å². The molecule has 1 aliphatic heterocycles. The van der Waals surface area contributed by atoms with Crippen LogP contribution in [0.25, 0.3) is 11.1 Å². The summed E-state index contributed by atoms with van der Waals surface area (Å²) in [6.45, 7) is 7.92. The number of hydrogen-bond acceptors (Lipinski definition) is 9. The van der Waals surface area contributed by atoms with Crippen LogP contribution < -0.4 is 28.4 Å². The topological polar surface area (TPSA) is 94.1 Å². The zero-order valence-electron chi connectivity index (χ0n) is 22.7. The van der Waals surface area contributed by atoms with E-state index in [2.05, 4.69) is 0 Å². The quantitative estimate of drug-likeness (QED) is 0.295. The van der Waals surface area contributed by atoms with Gasteiger partial charge in [-0.2, -0.15) is 0 Å². The summed E-state index contributed by atoms with van der Waals surface area (Å²) < 4.78 is 34.7. The fourth-order valence-electron chi connectivity index (χ4n) is 4.87. The molecule has 0 bridgehead atoms. The van der Waals surface area contributed by atoms with Crippen LogP contribution in [0.15, 0.2) is 23.8 Å². The van der Waals surface area contributed by atoms with E-state index in [1.807, 2.05) is 32.9 Å². The predicted molar refractivity (Wildman–Crippen MR) is 137 cm³/mol. The van der Waals surface area contributed by atoms with Crippen molar-refractivity contribution in [1.82, 2.24) is 0 Å². The van der Waals surface area contributed by atoms with Crippen LogP contribution in [0.1, 0.15) is 44.9 Å². The fraction of sp³-hybridized carbons (Fsp3) is 0.500. The fourth-order valence-corrected chi connectivity index (χ4v) is 4.87. The van der Waals surface area contributed by atoms with Gasteiger partial charge in [0.15, 0.2) is 23.0 Å². The molecule has 1 aliphatic carbocycles. The lowest BCUT2D eigenvalue weighted by molar-refractivity contribution is -0.354. The van der Waals surface area contributed by atoms with Crippen LogP contribution in [0, 0.1) is 5.92 Å². The summed E-state index contributed by atoms with van der Waals surface area (Å²) in [5, 5.41) is 12.0. The molecule has 4 rings (SSSR count). The molecule has 0 saturated heterocycles. The first-order chi connectivity index (χ1) is 17.7. The van der Waals surface area contributed by atoms with E-state index in [1.165, 1.54) is 0 Å². The predicted octanol–water partition coefficient (Wildman–Crippen LogP) is 5.02. The van der Waals surface area contributed by atoms with Crippen LogP contribution >= 0.6 is 0 Å². The van der Waals surface area contributed by atoms with Gasteiger partial charge in [0.05, 0.1) is 34.0 Å². The highest BCUT2D eigenvalue weighted by molar-refractivity contribution is 5.89. The van der Waals surface area contributed by atoms with Gasteiger partial charge in [-0.3, -0.25) is 0 Å². The van der Waals surface area contributed by atoms with Crippen molar-refractivity contribution >= 4 is 0 Å². The van der Waals surface area contributed by atoms with Gasteiger partial charge in [-0.05, 0) is 56.4 Å². The first-order valence-electron chi connectivity index (χ1n) is 12.2. The average molecular weight is 517 g/mol. The first-order valence-corrected chi connectivity index (χ1v) is 12.2. The highest BCUT2D eigenvalue weighted by Gasteiger charge is 2.46. The van der Waals surface area contributed by atoms with E-state index in [9.17, 15) is 5.11 Å². The Balaban J connectivity index is 2.08. The lowest BCUT2D eigenvalue weighted by Gasteiger charge is -2.40. The summed E-state index contributed by atoms with van der Waals surface area (Å²) in [7, 11) is 6.22. The van der Waals surface area contributed by atoms with Gasteiger partial charge in [0.25, 0.3) is 0 Å². The molecule has 0 spiro atoms. The van der Waals surface area contributed by atoms with Gasteiger partial charge in [-0.15, -0.1) is 0 Å². The molecular formula is C28H36O9. The lowest BCUT2D eigenvalue weighted by Crippen LogP contribution is -2.43. The molecule has 0 saturated carbocycles. The van der Waals surface area contributed by atoms with E-state index >= 15 is 0 Å². The van der Waals surface area contributed by atoms with Crippen molar-refractivity contribution in [2.45, 2.75) is 45.8 Å². The Morgan fingerprint density at radius 3 is 2.35 bits per heavy atom. The number of benzene rings is 2. The van der Waals surface area contributed by atoms with Gasteiger partial charge in [0, 0.05) is 16.7 Å². The molecule has 202 valence electrons. The minimum Gasteiger partial charge on any atom is -0.493 e. The van der Waals surface area contributed by atoms with Crippen molar-refractivity contribution in [3.8, 4) is 45.6 Å². The molecule has 9 nitrogen and oxygen atoms in total. The van der Waals surface area contributed by atoms with Crippen LogP contribution in [0.3, 0.4) is 0 Å². The summed E-state index contributed by atoms with van der Waals surface area (Å²) >= 11 is 0. The molecule has 2 aliphatic rings. The zero-order chi connectivity index (χ0) is 26.9. The molecule has 0 aromatic heterocycles. The Labute approximate surface area is 217 Å². The first kappa shape index (κ1) is 26.9. The van der Waals surface area contributed by atoms with Gasteiger partial charge >= 0.3 is 0 Å². The standard InChI is InChI=1S/C28H36O9/c1-9-15(2)13-36-37-27-18-12-19(30-5)23(31-6)26(33-8)22(18)21-17(10-16(3)28(27,4)29)11-20-24(25(21)32-7)35-14-34-20/h9,11-12,16,27,29H,10,13-14H2,1-8H3/b15-9-/t16-,27-,28+/m0/s1. The summed E-state index contributed by atoms with van der Waals surface area (Å²) in [6, 6.07) is 3.72. The molecular weight excluding hydrogens is 480 g/mol. The highest BCUT2D eigenvalue weighted by Crippen LogP contribution is 2.59. The van der Waals surface area contributed by atoms with Crippen molar-refractivity contribution in [3.63, 3.8) is 0 Å². The minimum absolute atomic E-state index is 0.0850. The maximum absolute atomic E-state index is 12.0. The second kappa shape index (κ2) is 10.7. The number of hydrogen-bond donors (Lipinski definition) is 1.